The van der Waals surface area contributed by atoms with Gasteiger partial charge in [0.1, 0.15) is 11.5 Å². The molecule has 2 rings (SSSR count). The van der Waals surface area contributed by atoms with Crippen molar-refractivity contribution in [3.05, 3.63) is 23.8 Å². The first-order valence-corrected chi connectivity index (χ1v) is 9.54. The van der Waals surface area contributed by atoms with E-state index in [9.17, 15) is 0 Å². The van der Waals surface area contributed by atoms with Gasteiger partial charge in [0.15, 0.2) is 13.0 Å². The van der Waals surface area contributed by atoms with E-state index in [1.807, 2.05) is 39.0 Å². The monoisotopic (exact) mass is 328 g/mol. The first-order chi connectivity index (χ1) is 10.7. The molecule has 1 aromatic carbocycles. The van der Waals surface area contributed by atoms with Crippen LogP contribution in [0.1, 0.15) is 26.3 Å². The van der Waals surface area contributed by atoms with E-state index in [1.54, 1.807) is 0 Å². The number of hydrogen-bond donors (Lipinski definition) is 0. The molecule has 0 amide bonds. The first-order valence-electron chi connectivity index (χ1n) is 7.61. The fraction of sp³-hybridized carbons (Fsp3) is 0.600. The lowest BCUT2D eigenvalue weighted by molar-refractivity contribution is -0.0165. The minimum atomic E-state index is -2.80. The van der Waals surface area contributed by atoms with Gasteiger partial charge in [0.05, 0.1) is 6.61 Å². The molecule has 1 heterocycles. The van der Waals surface area contributed by atoms with E-state index in [-0.39, 0.29) is 6.23 Å². The molecule has 0 bridgehead atoms. The highest BCUT2D eigenvalue weighted by Crippen LogP contribution is 2.28. The lowest BCUT2D eigenvalue weighted by Crippen LogP contribution is -2.51. The van der Waals surface area contributed by atoms with Crippen molar-refractivity contribution in [1.29, 1.82) is 0 Å². The second kappa shape index (κ2) is 8.49. The molecule has 0 radical (unpaired) electrons. The zero-order chi connectivity index (χ0) is 15.8. The van der Waals surface area contributed by atoms with E-state index in [0.29, 0.717) is 33.2 Å². The van der Waals surface area contributed by atoms with Crippen LogP contribution in [0.4, 0.5) is 0 Å². The SMILES string of the molecule is CCO[Si](COc1ccc2c(c1)COCO2)(OCC)OCC. The number of benzene rings is 1. The van der Waals surface area contributed by atoms with Crippen molar-refractivity contribution in [2.24, 2.45) is 0 Å². The second-order valence-corrected chi connectivity index (χ2v) is 7.17. The van der Waals surface area contributed by atoms with E-state index in [2.05, 4.69) is 0 Å². The summed E-state index contributed by atoms with van der Waals surface area (Å²) >= 11 is 0. The Kier molecular flexibility index (Phi) is 6.65. The van der Waals surface area contributed by atoms with Crippen molar-refractivity contribution in [3.63, 3.8) is 0 Å². The van der Waals surface area contributed by atoms with Crippen molar-refractivity contribution in [2.45, 2.75) is 27.4 Å². The molecule has 0 N–H and O–H groups in total. The fourth-order valence-electron chi connectivity index (χ4n) is 2.24. The van der Waals surface area contributed by atoms with Gasteiger partial charge in [-0.05, 0) is 39.0 Å². The molecule has 1 aromatic rings. The maximum atomic E-state index is 5.87. The third-order valence-corrected chi connectivity index (χ3v) is 5.78. The van der Waals surface area contributed by atoms with Gasteiger partial charge < -0.3 is 27.5 Å². The van der Waals surface area contributed by atoms with Gasteiger partial charge in [0.2, 0.25) is 0 Å². The Bertz CT molecular complexity index is 450. The van der Waals surface area contributed by atoms with Gasteiger partial charge in [0.25, 0.3) is 0 Å². The smallest absolute Gasteiger partial charge is 0.489 e. The van der Waals surface area contributed by atoms with Gasteiger partial charge in [-0.25, -0.2) is 0 Å². The zero-order valence-electron chi connectivity index (χ0n) is 13.4. The average molecular weight is 328 g/mol. The van der Waals surface area contributed by atoms with Gasteiger partial charge in [-0.15, -0.1) is 0 Å². The summed E-state index contributed by atoms with van der Waals surface area (Å²) in [5.41, 5.74) is 0.972. The summed E-state index contributed by atoms with van der Waals surface area (Å²) in [6, 6.07) is 5.67. The molecule has 1 aliphatic heterocycles. The summed E-state index contributed by atoms with van der Waals surface area (Å²) in [7, 11) is -2.80. The molecule has 0 aromatic heterocycles. The predicted molar refractivity (Wildman–Crippen MR) is 82.9 cm³/mol. The fourth-order valence-corrected chi connectivity index (χ4v) is 4.40. The summed E-state index contributed by atoms with van der Waals surface area (Å²) in [5.74, 6) is 1.56. The van der Waals surface area contributed by atoms with Gasteiger partial charge >= 0.3 is 8.80 Å². The molecular weight excluding hydrogens is 304 g/mol. The summed E-state index contributed by atoms with van der Waals surface area (Å²) in [4.78, 5) is 0. The lowest BCUT2D eigenvalue weighted by atomic mass is 10.2. The minimum absolute atomic E-state index is 0.281. The molecule has 0 fully saturated rings. The van der Waals surface area contributed by atoms with Crippen LogP contribution in [-0.4, -0.2) is 41.6 Å². The molecule has 0 saturated carbocycles. The molecule has 0 atom stereocenters. The summed E-state index contributed by atoms with van der Waals surface area (Å²) < 4.78 is 33.8. The number of hydrogen-bond acceptors (Lipinski definition) is 6. The normalized spacial score (nSPS) is 14.3. The zero-order valence-corrected chi connectivity index (χ0v) is 14.4. The molecular formula is C15H24O6Si. The third-order valence-electron chi connectivity index (χ3n) is 3.10. The van der Waals surface area contributed by atoms with Crippen LogP contribution < -0.4 is 9.47 Å². The van der Waals surface area contributed by atoms with Crippen molar-refractivity contribution in [3.8, 4) is 11.5 Å². The van der Waals surface area contributed by atoms with Crippen molar-refractivity contribution < 1.29 is 27.5 Å². The van der Waals surface area contributed by atoms with E-state index in [1.165, 1.54) is 0 Å². The van der Waals surface area contributed by atoms with Crippen LogP contribution >= 0.6 is 0 Å². The Labute approximate surface area is 132 Å². The van der Waals surface area contributed by atoms with Crippen LogP contribution in [-0.2, 0) is 24.6 Å². The lowest BCUT2D eigenvalue weighted by Gasteiger charge is -2.28. The van der Waals surface area contributed by atoms with Crippen LogP contribution in [0.5, 0.6) is 11.5 Å². The summed E-state index contributed by atoms with van der Waals surface area (Å²) in [5, 5.41) is 0. The van der Waals surface area contributed by atoms with Crippen LogP contribution in [0.15, 0.2) is 18.2 Å². The van der Waals surface area contributed by atoms with Crippen molar-refractivity contribution >= 4 is 8.80 Å². The molecule has 0 aliphatic carbocycles. The van der Waals surface area contributed by atoms with Crippen molar-refractivity contribution in [2.75, 3.05) is 32.8 Å². The van der Waals surface area contributed by atoms with Crippen molar-refractivity contribution in [1.82, 2.24) is 0 Å². The quantitative estimate of drug-likeness (QED) is 0.649. The van der Waals surface area contributed by atoms with E-state index in [4.69, 9.17) is 27.5 Å². The molecule has 6 nitrogen and oxygen atoms in total. The maximum absolute atomic E-state index is 5.87. The van der Waals surface area contributed by atoms with E-state index in [0.717, 1.165) is 17.1 Å². The van der Waals surface area contributed by atoms with Gasteiger partial charge in [0, 0.05) is 25.4 Å². The molecule has 7 heteroatoms. The Morgan fingerprint density at radius 1 is 1.05 bits per heavy atom. The predicted octanol–water partition coefficient (Wildman–Crippen LogP) is 2.52. The molecule has 0 saturated heterocycles. The molecule has 1 aliphatic rings. The summed E-state index contributed by atoms with van der Waals surface area (Å²) in [6.45, 7) is 8.18. The highest BCUT2D eigenvalue weighted by atomic mass is 28.4. The molecule has 22 heavy (non-hydrogen) atoms. The molecule has 0 unspecified atom stereocenters. The highest BCUT2D eigenvalue weighted by Gasteiger charge is 2.42. The largest absolute Gasteiger partial charge is 0.540 e. The minimum Gasteiger partial charge on any atom is -0.489 e. The number of fused-ring (bicyclic) bond motifs is 1. The first kappa shape index (κ1) is 17.2. The third kappa shape index (κ3) is 4.44. The van der Waals surface area contributed by atoms with Crippen LogP contribution in [0, 0.1) is 0 Å². The van der Waals surface area contributed by atoms with Gasteiger partial charge in [-0.2, -0.15) is 0 Å². The number of rotatable bonds is 9. The highest BCUT2D eigenvalue weighted by molar-refractivity contribution is 6.60. The second-order valence-electron chi connectivity index (χ2n) is 4.65. The van der Waals surface area contributed by atoms with Crippen LogP contribution in [0.2, 0.25) is 0 Å². The molecule has 0 spiro atoms. The van der Waals surface area contributed by atoms with E-state index < -0.39 is 8.80 Å². The van der Waals surface area contributed by atoms with Gasteiger partial charge in [-0.3, -0.25) is 0 Å². The average Bonchev–Trinajstić information content (AvgIpc) is 2.53. The Hall–Kier alpha value is -1.12. The molecule has 124 valence electrons. The van der Waals surface area contributed by atoms with E-state index >= 15 is 0 Å². The topological polar surface area (TPSA) is 55.4 Å². The van der Waals surface area contributed by atoms with Gasteiger partial charge in [-0.1, -0.05) is 0 Å². The Morgan fingerprint density at radius 2 is 1.73 bits per heavy atom. The number of ether oxygens (including phenoxy) is 3. The van der Waals surface area contributed by atoms with Crippen LogP contribution in [0.25, 0.3) is 0 Å². The standard InChI is InChI=1S/C15H24O6Si/c1-4-19-22(20-5-2,21-6-3)12-18-14-7-8-15-13(9-14)10-16-11-17-15/h7-9H,4-6,10-12H2,1-3H3. The van der Waals surface area contributed by atoms with Crippen LogP contribution in [0.3, 0.4) is 0 Å². The summed E-state index contributed by atoms with van der Waals surface area (Å²) in [6.07, 6.45) is 0.281. The Morgan fingerprint density at radius 3 is 2.36 bits per heavy atom. The Balaban J connectivity index is 2.04. The maximum Gasteiger partial charge on any atom is 0.540 e.